The van der Waals surface area contributed by atoms with E-state index in [-0.39, 0.29) is 24.4 Å². The molecule has 2 rings (SSSR count). The van der Waals surface area contributed by atoms with E-state index in [0.717, 1.165) is 28.6 Å². The molecule has 0 aliphatic carbocycles. The van der Waals surface area contributed by atoms with E-state index >= 15 is 0 Å². The minimum Gasteiger partial charge on any atom is -0.264 e. The summed E-state index contributed by atoms with van der Waals surface area (Å²) < 4.78 is 64.4. The van der Waals surface area contributed by atoms with Gasteiger partial charge in [-0.15, -0.1) is 0 Å². The molecular formula is C16H14F3N3O2S. The third-order valence-electron chi connectivity index (χ3n) is 3.37. The minimum atomic E-state index is -4.54. The fraction of sp³-hybridized carbons (Fsp3) is 0.250. The van der Waals surface area contributed by atoms with Gasteiger partial charge in [-0.1, -0.05) is 6.07 Å². The molecule has 25 heavy (non-hydrogen) atoms. The fourth-order valence-electron chi connectivity index (χ4n) is 2.12. The predicted molar refractivity (Wildman–Crippen MR) is 83.5 cm³/mol. The maximum atomic E-state index is 12.7. The van der Waals surface area contributed by atoms with Crippen LogP contribution in [0.4, 0.5) is 13.2 Å². The van der Waals surface area contributed by atoms with Gasteiger partial charge in [0, 0.05) is 31.9 Å². The lowest BCUT2D eigenvalue weighted by atomic mass is 10.2. The van der Waals surface area contributed by atoms with Gasteiger partial charge >= 0.3 is 6.18 Å². The Morgan fingerprint density at radius 2 is 1.84 bits per heavy atom. The molecule has 2 aromatic rings. The SMILES string of the molecule is N#CCCN(Cc1cccnc1)S(=O)(=O)c1ccc(C(F)(F)F)cc1. The zero-order valence-electron chi connectivity index (χ0n) is 12.9. The molecule has 0 bridgehead atoms. The normalized spacial score (nSPS) is 12.1. The summed E-state index contributed by atoms with van der Waals surface area (Å²) in [5.74, 6) is 0. The number of rotatable bonds is 6. The zero-order chi connectivity index (χ0) is 18.5. The van der Waals surface area contributed by atoms with Crippen molar-refractivity contribution in [2.24, 2.45) is 0 Å². The number of hydrogen-bond donors (Lipinski definition) is 0. The molecule has 0 spiro atoms. The highest BCUT2D eigenvalue weighted by molar-refractivity contribution is 7.89. The van der Waals surface area contributed by atoms with Gasteiger partial charge in [0.25, 0.3) is 0 Å². The number of alkyl halides is 3. The van der Waals surface area contributed by atoms with Gasteiger partial charge in [-0.3, -0.25) is 4.98 Å². The zero-order valence-corrected chi connectivity index (χ0v) is 13.8. The molecule has 1 aromatic heterocycles. The smallest absolute Gasteiger partial charge is 0.264 e. The first-order valence-electron chi connectivity index (χ1n) is 7.18. The average molecular weight is 369 g/mol. The van der Waals surface area contributed by atoms with Crippen LogP contribution in [0.25, 0.3) is 0 Å². The number of benzene rings is 1. The molecular weight excluding hydrogens is 355 g/mol. The third kappa shape index (κ3) is 4.78. The molecule has 0 aliphatic heterocycles. The van der Waals surface area contributed by atoms with Crippen molar-refractivity contribution in [2.75, 3.05) is 6.54 Å². The van der Waals surface area contributed by atoms with Crippen molar-refractivity contribution in [1.82, 2.24) is 9.29 Å². The van der Waals surface area contributed by atoms with E-state index in [0.29, 0.717) is 5.56 Å². The molecule has 5 nitrogen and oxygen atoms in total. The molecule has 132 valence electrons. The van der Waals surface area contributed by atoms with Gasteiger partial charge in [0.1, 0.15) is 0 Å². The highest BCUT2D eigenvalue weighted by Crippen LogP contribution is 2.30. The molecule has 0 N–H and O–H groups in total. The van der Waals surface area contributed by atoms with E-state index < -0.39 is 21.8 Å². The van der Waals surface area contributed by atoms with E-state index in [9.17, 15) is 21.6 Å². The van der Waals surface area contributed by atoms with Crippen molar-refractivity contribution in [1.29, 1.82) is 5.26 Å². The highest BCUT2D eigenvalue weighted by atomic mass is 32.2. The summed E-state index contributed by atoms with van der Waals surface area (Å²) >= 11 is 0. The van der Waals surface area contributed by atoms with Crippen molar-refractivity contribution in [2.45, 2.75) is 24.0 Å². The Hall–Kier alpha value is -2.44. The molecule has 0 amide bonds. The number of aromatic nitrogens is 1. The van der Waals surface area contributed by atoms with Crippen LogP contribution in [-0.2, 0) is 22.7 Å². The summed E-state index contributed by atoms with van der Waals surface area (Å²) in [6, 6.07) is 8.46. The van der Waals surface area contributed by atoms with Gasteiger partial charge < -0.3 is 0 Å². The van der Waals surface area contributed by atoms with Crippen LogP contribution in [-0.4, -0.2) is 24.3 Å². The molecule has 1 aromatic carbocycles. The van der Waals surface area contributed by atoms with Crippen LogP contribution < -0.4 is 0 Å². The first-order valence-corrected chi connectivity index (χ1v) is 8.62. The van der Waals surface area contributed by atoms with Crippen molar-refractivity contribution >= 4 is 10.0 Å². The van der Waals surface area contributed by atoms with E-state index in [1.54, 1.807) is 12.1 Å². The fourth-order valence-corrected chi connectivity index (χ4v) is 3.55. The van der Waals surface area contributed by atoms with E-state index in [2.05, 4.69) is 4.98 Å². The van der Waals surface area contributed by atoms with Crippen LogP contribution in [0.5, 0.6) is 0 Å². The van der Waals surface area contributed by atoms with Gasteiger partial charge in [0.15, 0.2) is 0 Å². The highest BCUT2D eigenvalue weighted by Gasteiger charge is 2.31. The van der Waals surface area contributed by atoms with E-state index in [1.807, 2.05) is 6.07 Å². The summed E-state index contributed by atoms with van der Waals surface area (Å²) in [5, 5.41) is 8.73. The number of hydrogen-bond acceptors (Lipinski definition) is 4. The molecule has 0 unspecified atom stereocenters. The van der Waals surface area contributed by atoms with Gasteiger partial charge in [-0.05, 0) is 35.9 Å². The lowest BCUT2D eigenvalue weighted by Crippen LogP contribution is -2.31. The molecule has 0 fully saturated rings. The molecule has 0 radical (unpaired) electrons. The topological polar surface area (TPSA) is 74.1 Å². The summed E-state index contributed by atoms with van der Waals surface area (Å²) in [6.07, 6.45) is -1.56. The van der Waals surface area contributed by atoms with Crippen LogP contribution in [0.2, 0.25) is 0 Å². The molecule has 9 heteroatoms. The van der Waals surface area contributed by atoms with Crippen LogP contribution in [0.15, 0.2) is 53.7 Å². The number of nitrogens with zero attached hydrogens (tertiary/aromatic N) is 3. The minimum absolute atomic E-state index is 0.0289. The lowest BCUT2D eigenvalue weighted by molar-refractivity contribution is -0.137. The maximum absolute atomic E-state index is 12.7. The standard InChI is InChI=1S/C16H14F3N3O2S/c17-16(18,19)14-4-6-15(7-5-14)25(23,24)22(10-2-8-20)12-13-3-1-9-21-11-13/h1,3-7,9,11H,2,10,12H2. The van der Waals surface area contributed by atoms with Crippen molar-refractivity contribution < 1.29 is 21.6 Å². The molecule has 0 saturated carbocycles. The Labute approximate surface area is 143 Å². The molecule has 1 heterocycles. The van der Waals surface area contributed by atoms with Crippen molar-refractivity contribution in [3.05, 3.63) is 59.9 Å². The molecule has 0 saturated heterocycles. The average Bonchev–Trinajstić information content (AvgIpc) is 2.58. The monoisotopic (exact) mass is 369 g/mol. The second-order valence-corrected chi connectivity index (χ2v) is 7.07. The second kappa shape index (κ2) is 7.63. The predicted octanol–water partition coefficient (Wildman–Crippen LogP) is 3.20. The first-order chi connectivity index (χ1) is 11.7. The van der Waals surface area contributed by atoms with Crippen LogP contribution in [0.1, 0.15) is 17.5 Å². The molecule has 0 aliphatic rings. The number of halogens is 3. The first kappa shape index (κ1) is 18.9. The van der Waals surface area contributed by atoms with Crippen LogP contribution >= 0.6 is 0 Å². The van der Waals surface area contributed by atoms with Gasteiger partial charge in [0.2, 0.25) is 10.0 Å². The van der Waals surface area contributed by atoms with Crippen molar-refractivity contribution in [3.63, 3.8) is 0 Å². The van der Waals surface area contributed by atoms with Crippen LogP contribution in [0, 0.1) is 11.3 Å². The Balaban J connectivity index is 2.32. The summed E-state index contributed by atoms with van der Waals surface area (Å²) in [6.45, 7) is -0.104. The second-order valence-electron chi connectivity index (χ2n) is 5.13. The quantitative estimate of drug-likeness (QED) is 0.784. The maximum Gasteiger partial charge on any atom is 0.416 e. The van der Waals surface area contributed by atoms with E-state index in [1.165, 1.54) is 12.4 Å². The van der Waals surface area contributed by atoms with Crippen LogP contribution in [0.3, 0.4) is 0 Å². The summed E-state index contributed by atoms with van der Waals surface area (Å²) in [5.41, 5.74) is -0.321. The Bertz CT molecular complexity index is 845. The number of sulfonamides is 1. The van der Waals surface area contributed by atoms with Gasteiger partial charge in [0.05, 0.1) is 16.5 Å². The Morgan fingerprint density at radius 3 is 2.36 bits per heavy atom. The Kier molecular flexibility index (Phi) is 5.77. The third-order valence-corrected chi connectivity index (χ3v) is 5.23. The largest absolute Gasteiger partial charge is 0.416 e. The summed E-state index contributed by atoms with van der Waals surface area (Å²) in [4.78, 5) is 3.64. The Morgan fingerprint density at radius 1 is 1.16 bits per heavy atom. The summed E-state index contributed by atoms with van der Waals surface area (Å²) in [7, 11) is -4.05. The number of pyridine rings is 1. The van der Waals surface area contributed by atoms with E-state index in [4.69, 9.17) is 5.26 Å². The molecule has 0 atom stereocenters. The van der Waals surface area contributed by atoms with Crippen molar-refractivity contribution in [3.8, 4) is 6.07 Å². The van der Waals surface area contributed by atoms with Gasteiger partial charge in [-0.2, -0.15) is 22.7 Å². The number of nitriles is 1. The lowest BCUT2D eigenvalue weighted by Gasteiger charge is -2.21. The van der Waals surface area contributed by atoms with Gasteiger partial charge in [-0.25, -0.2) is 8.42 Å².